The average Bonchev–Trinajstić information content (AvgIpc) is 2.46. The van der Waals surface area contributed by atoms with Gasteiger partial charge in [-0.1, -0.05) is 11.8 Å². The van der Waals surface area contributed by atoms with E-state index in [4.69, 9.17) is 0 Å². The average molecular weight is 247 g/mol. The summed E-state index contributed by atoms with van der Waals surface area (Å²) in [5.41, 5.74) is 0. The standard InChI is InChI=1S/C10H17NO2S2/c1-8(12)15-9-6-10(13)11(7-9)4-3-5-14-2/h9H,3-7H2,1-2H3. The van der Waals surface area contributed by atoms with Crippen LogP contribution < -0.4 is 0 Å². The lowest BCUT2D eigenvalue weighted by atomic mass is 10.4. The summed E-state index contributed by atoms with van der Waals surface area (Å²) in [6, 6.07) is 0. The Kier molecular flexibility index (Phi) is 5.53. The second-order valence-corrected chi connectivity index (χ2v) is 6.08. The molecule has 1 fully saturated rings. The number of rotatable bonds is 5. The zero-order valence-electron chi connectivity index (χ0n) is 9.19. The van der Waals surface area contributed by atoms with Crippen molar-refractivity contribution in [3.8, 4) is 0 Å². The molecule has 15 heavy (non-hydrogen) atoms. The van der Waals surface area contributed by atoms with E-state index in [0.717, 1.165) is 25.3 Å². The summed E-state index contributed by atoms with van der Waals surface area (Å²) in [5, 5.41) is 0.294. The lowest BCUT2D eigenvalue weighted by molar-refractivity contribution is -0.127. The molecule has 0 aromatic carbocycles. The molecule has 0 aromatic heterocycles. The van der Waals surface area contributed by atoms with Crippen LogP contribution in [0.1, 0.15) is 19.8 Å². The van der Waals surface area contributed by atoms with E-state index in [9.17, 15) is 9.59 Å². The highest BCUT2D eigenvalue weighted by Gasteiger charge is 2.30. The van der Waals surface area contributed by atoms with Crippen LogP contribution in [0, 0.1) is 0 Å². The van der Waals surface area contributed by atoms with Crippen LogP contribution in [0.25, 0.3) is 0 Å². The van der Waals surface area contributed by atoms with Gasteiger partial charge in [0.05, 0.1) is 0 Å². The second-order valence-electron chi connectivity index (χ2n) is 3.62. The minimum absolute atomic E-state index is 0.110. The normalized spacial score (nSPS) is 21.1. The minimum atomic E-state index is 0.110. The van der Waals surface area contributed by atoms with Gasteiger partial charge in [-0.2, -0.15) is 11.8 Å². The molecule has 1 amide bonds. The van der Waals surface area contributed by atoms with Gasteiger partial charge < -0.3 is 4.90 Å². The molecule has 0 spiro atoms. The Hall–Kier alpha value is -0.160. The molecule has 1 atom stereocenters. The third-order valence-corrected chi connectivity index (χ3v) is 3.97. The number of hydrogen-bond donors (Lipinski definition) is 0. The molecule has 1 unspecified atom stereocenters. The summed E-state index contributed by atoms with van der Waals surface area (Å²) in [4.78, 5) is 24.3. The van der Waals surface area contributed by atoms with Crippen molar-refractivity contribution in [1.82, 2.24) is 4.90 Å². The number of thioether (sulfide) groups is 2. The Labute approximate surface area is 99.3 Å². The molecule has 1 rings (SSSR count). The van der Waals surface area contributed by atoms with Crippen molar-refractivity contribution >= 4 is 34.5 Å². The Bertz CT molecular complexity index is 246. The van der Waals surface area contributed by atoms with Gasteiger partial charge in [-0.25, -0.2) is 0 Å². The maximum Gasteiger partial charge on any atom is 0.223 e. The van der Waals surface area contributed by atoms with Crippen molar-refractivity contribution in [2.24, 2.45) is 0 Å². The number of likely N-dealkylation sites (tertiary alicyclic amines) is 1. The molecule has 1 saturated heterocycles. The van der Waals surface area contributed by atoms with E-state index in [-0.39, 0.29) is 16.3 Å². The first-order valence-corrected chi connectivity index (χ1v) is 7.34. The number of amides is 1. The van der Waals surface area contributed by atoms with Crippen LogP contribution in [-0.2, 0) is 9.59 Å². The lowest BCUT2D eigenvalue weighted by Crippen LogP contribution is -2.27. The van der Waals surface area contributed by atoms with Crippen molar-refractivity contribution in [1.29, 1.82) is 0 Å². The van der Waals surface area contributed by atoms with E-state index < -0.39 is 0 Å². The van der Waals surface area contributed by atoms with E-state index in [1.807, 2.05) is 4.90 Å². The fourth-order valence-corrected chi connectivity index (χ4v) is 3.03. The first kappa shape index (κ1) is 12.9. The predicted molar refractivity (Wildman–Crippen MR) is 66.3 cm³/mol. The first-order valence-electron chi connectivity index (χ1n) is 5.07. The van der Waals surface area contributed by atoms with Crippen molar-refractivity contribution in [2.45, 2.75) is 25.0 Å². The van der Waals surface area contributed by atoms with Gasteiger partial charge in [-0.15, -0.1) is 0 Å². The van der Waals surface area contributed by atoms with E-state index in [2.05, 4.69) is 6.26 Å². The molecule has 1 aliphatic rings. The summed E-state index contributed by atoms with van der Waals surface area (Å²) in [5.74, 6) is 1.30. The fraction of sp³-hybridized carbons (Fsp3) is 0.800. The lowest BCUT2D eigenvalue weighted by Gasteiger charge is -2.15. The monoisotopic (exact) mass is 247 g/mol. The highest BCUT2D eigenvalue weighted by Crippen LogP contribution is 2.24. The van der Waals surface area contributed by atoms with Crippen LogP contribution in [0.15, 0.2) is 0 Å². The third-order valence-electron chi connectivity index (χ3n) is 2.29. The van der Waals surface area contributed by atoms with Gasteiger partial charge in [0.1, 0.15) is 0 Å². The van der Waals surface area contributed by atoms with Crippen molar-refractivity contribution in [3.05, 3.63) is 0 Å². The molecular formula is C10H17NO2S2. The minimum Gasteiger partial charge on any atom is -0.341 e. The highest BCUT2D eigenvalue weighted by atomic mass is 32.2. The SMILES string of the molecule is CSCCCN1CC(SC(C)=O)CC1=O. The zero-order chi connectivity index (χ0) is 11.3. The predicted octanol–water partition coefficient (Wildman–Crippen LogP) is 1.62. The quantitative estimate of drug-likeness (QED) is 0.692. The number of carbonyl (C=O) groups is 2. The molecule has 5 heteroatoms. The smallest absolute Gasteiger partial charge is 0.223 e. The summed E-state index contributed by atoms with van der Waals surface area (Å²) >= 11 is 3.10. The Morgan fingerprint density at radius 1 is 1.60 bits per heavy atom. The van der Waals surface area contributed by atoms with Crippen molar-refractivity contribution in [2.75, 3.05) is 25.1 Å². The molecule has 0 bridgehead atoms. The number of carbonyl (C=O) groups excluding carboxylic acids is 2. The molecular weight excluding hydrogens is 230 g/mol. The maximum absolute atomic E-state index is 11.6. The van der Waals surface area contributed by atoms with Crippen LogP contribution in [0.5, 0.6) is 0 Å². The van der Waals surface area contributed by atoms with Gasteiger partial charge in [0.15, 0.2) is 5.12 Å². The molecule has 86 valence electrons. The highest BCUT2D eigenvalue weighted by molar-refractivity contribution is 8.14. The molecule has 1 heterocycles. The zero-order valence-corrected chi connectivity index (χ0v) is 10.8. The molecule has 0 N–H and O–H groups in total. The van der Waals surface area contributed by atoms with Crippen LogP contribution in [0.3, 0.4) is 0 Å². The van der Waals surface area contributed by atoms with Crippen LogP contribution in [0.2, 0.25) is 0 Å². The van der Waals surface area contributed by atoms with E-state index in [0.29, 0.717) is 6.42 Å². The molecule has 1 aliphatic heterocycles. The van der Waals surface area contributed by atoms with E-state index in [1.165, 1.54) is 11.8 Å². The Balaban J connectivity index is 2.29. The van der Waals surface area contributed by atoms with E-state index >= 15 is 0 Å². The molecule has 0 aliphatic carbocycles. The van der Waals surface area contributed by atoms with Gasteiger partial charge in [0, 0.05) is 31.7 Å². The maximum atomic E-state index is 11.6. The molecule has 0 radical (unpaired) electrons. The second kappa shape index (κ2) is 6.43. The first-order chi connectivity index (χ1) is 7.13. The Morgan fingerprint density at radius 3 is 2.93 bits per heavy atom. The summed E-state index contributed by atoms with van der Waals surface area (Å²) < 4.78 is 0. The van der Waals surface area contributed by atoms with Crippen molar-refractivity contribution < 1.29 is 9.59 Å². The fourth-order valence-electron chi connectivity index (χ4n) is 1.67. The summed E-state index contributed by atoms with van der Waals surface area (Å²) in [7, 11) is 0. The molecule has 0 saturated carbocycles. The van der Waals surface area contributed by atoms with Crippen LogP contribution >= 0.6 is 23.5 Å². The topological polar surface area (TPSA) is 37.4 Å². The van der Waals surface area contributed by atoms with E-state index in [1.54, 1.807) is 18.7 Å². The van der Waals surface area contributed by atoms with Crippen LogP contribution in [-0.4, -0.2) is 46.3 Å². The van der Waals surface area contributed by atoms with Crippen molar-refractivity contribution in [3.63, 3.8) is 0 Å². The molecule has 3 nitrogen and oxygen atoms in total. The largest absolute Gasteiger partial charge is 0.341 e. The van der Waals surface area contributed by atoms with Crippen LogP contribution in [0.4, 0.5) is 0 Å². The van der Waals surface area contributed by atoms with Gasteiger partial charge >= 0.3 is 0 Å². The van der Waals surface area contributed by atoms with Gasteiger partial charge in [0.2, 0.25) is 5.91 Å². The van der Waals surface area contributed by atoms with Gasteiger partial charge in [0.25, 0.3) is 0 Å². The Morgan fingerprint density at radius 2 is 2.33 bits per heavy atom. The van der Waals surface area contributed by atoms with Gasteiger partial charge in [-0.3, -0.25) is 9.59 Å². The summed E-state index contributed by atoms with van der Waals surface area (Å²) in [6.45, 7) is 3.15. The molecule has 0 aromatic rings. The third kappa shape index (κ3) is 4.47. The number of hydrogen-bond acceptors (Lipinski definition) is 4. The number of nitrogens with zero attached hydrogens (tertiary/aromatic N) is 1. The summed E-state index contributed by atoms with van der Waals surface area (Å²) in [6.07, 6.45) is 3.65. The van der Waals surface area contributed by atoms with Gasteiger partial charge in [-0.05, 0) is 18.4 Å².